The summed E-state index contributed by atoms with van der Waals surface area (Å²) in [6.07, 6.45) is 20.4. The minimum absolute atomic E-state index is 0. The summed E-state index contributed by atoms with van der Waals surface area (Å²) in [5.74, 6) is 0. The van der Waals surface area contributed by atoms with Crippen LogP contribution in [0.15, 0.2) is 42.7 Å². The molecule has 0 saturated carbocycles. The molecule has 0 amide bonds. The fraction of sp³-hybridized carbons (Fsp3) is 0.652. The second-order valence-electron chi connectivity index (χ2n) is 7.58. The van der Waals surface area contributed by atoms with Crippen LogP contribution in [0.25, 0.3) is 0 Å². The molecule has 0 aromatic heterocycles. The van der Waals surface area contributed by atoms with Crippen LogP contribution in [0.2, 0.25) is 0 Å². The summed E-state index contributed by atoms with van der Waals surface area (Å²) in [6, 6.07) is 10.8. The zero-order valence-electron chi connectivity index (χ0n) is 17.4. The van der Waals surface area contributed by atoms with Crippen LogP contribution >= 0.6 is 25.7 Å². The summed E-state index contributed by atoms with van der Waals surface area (Å²) in [4.78, 5) is 2.52. The Hall–Kier alpha value is -0.530. The average molecular weight is 455 g/mol. The van der Waals surface area contributed by atoms with E-state index in [-0.39, 0.29) is 17.0 Å². The number of nitrogens with zero attached hydrogens (tertiary/aromatic N) is 2. The van der Waals surface area contributed by atoms with E-state index < -0.39 is 0 Å². The van der Waals surface area contributed by atoms with Gasteiger partial charge in [0.05, 0.1) is 0 Å². The minimum atomic E-state index is 0. The maximum atomic E-state index is 2.52. The summed E-state index contributed by atoms with van der Waals surface area (Å²) >= 11 is 0. The third-order valence-corrected chi connectivity index (χ3v) is 6.83. The van der Waals surface area contributed by atoms with Gasteiger partial charge in [0.25, 0.3) is 0 Å². The van der Waals surface area contributed by atoms with Gasteiger partial charge in [-0.25, -0.2) is 0 Å². The summed E-state index contributed by atoms with van der Waals surface area (Å²) in [7, 11) is 0.839. The van der Waals surface area contributed by atoms with Crippen molar-refractivity contribution in [3.05, 3.63) is 48.3 Å². The first-order valence-electron chi connectivity index (χ1n) is 10.8. The predicted octanol–water partition coefficient (Wildman–Crippen LogP) is 7.71. The monoisotopic (exact) mass is 454 g/mol. The molecule has 2 nitrogen and oxygen atoms in total. The van der Waals surface area contributed by atoms with Gasteiger partial charge in [-0.1, -0.05) is 95.0 Å². The van der Waals surface area contributed by atoms with Crippen LogP contribution in [0.3, 0.4) is 0 Å². The van der Waals surface area contributed by atoms with Crippen molar-refractivity contribution < 1.29 is 0 Å². The second-order valence-corrected chi connectivity index (χ2v) is 8.76. The van der Waals surface area contributed by atoms with Crippen LogP contribution in [0.5, 0.6) is 0 Å². The van der Waals surface area contributed by atoms with Gasteiger partial charge < -0.3 is 9.57 Å². The second kappa shape index (κ2) is 15.4. The van der Waals surface area contributed by atoms with E-state index in [9.17, 15) is 0 Å². The first-order chi connectivity index (χ1) is 12.8. The topological polar surface area (TPSA) is 6.48 Å². The Morgan fingerprint density at radius 1 is 0.815 bits per heavy atom. The SMILES string of the molecule is Br.CCCCCCCCCCCCN1C=CN(PCc2ccccc2)C1C. The zero-order chi connectivity index (χ0) is 18.5. The Kier molecular flexibility index (Phi) is 14.0. The normalized spacial score (nSPS) is 16.4. The molecule has 1 aromatic rings. The lowest BCUT2D eigenvalue weighted by Crippen LogP contribution is -2.32. The van der Waals surface area contributed by atoms with Gasteiger partial charge in [0.15, 0.2) is 0 Å². The Bertz CT molecular complexity index is 494. The number of benzene rings is 1. The number of unbranched alkanes of at least 4 members (excludes halogenated alkanes) is 9. The Labute approximate surface area is 180 Å². The molecule has 0 radical (unpaired) electrons. The van der Waals surface area contributed by atoms with Gasteiger partial charge in [0.2, 0.25) is 0 Å². The lowest BCUT2D eigenvalue weighted by atomic mass is 10.1. The smallest absolute Gasteiger partial charge is 0.101 e. The largest absolute Gasteiger partial charge is 0.356 e. The predicted molar refractivity (Wildman–Crippen MR) is 128 cm³/mol. The van der Waals surface area contributed by atoms with Gasteiger partial charge in [-0.2, -0.15) is 0 Å². The van der Waals surface area contributed by atoms with Crippen molar-refractivity contribution in [2.45, 2.75) is 90.4 Å². The molecule has 0 saturated heterocycles. The van der Waals surface area contributed by atoms with Crippen LogP contribution in [0.4, 0.5) is 0 Å². The van der Waals surface area contributed by atoms with Crippen molar-refractivity contribution in [3.63, 3.8) is 0 Å². The van der Waals surface area contributed by atoms with E-state index in [4.69, 9.17) is 0 Å². The highest BCUT2D eigenvalue weighted by Gasteiger charge is 2.20. The van der Waals surface area contributed by atoms with E-state index in [0.29, 0.717) is 6.17 Å². The third-order valence-electron chi connectivity index (χ3n) is 5.38. The Morgan fingerprint density at radius 2 is 1.41 bits per heavy atom. The quantitative estimate of drug-likeness (QED) is 0.209. The molecular formula is C23H40BrN2P. The van der Waals surface area contributed by atoms with Crippen LogP contribution in [-0.4, -0.2) is 22.3 Å². The van der Waals surface area contributed by atoms with Crippen molar-refractivity contribution in [3.8, 4) is 0 Å². The molecule has 27 heavy (non-hydrogen) atoms. The first-order valence-corrected chi connectivity index (χ1v) is 12.0. The Morgan fingerprint density at radius 3 is 2.04 bits per heavy atom. The third kappa shape index (κ3) is 9.99. The van der Waals surface area contributed by atoms with Crippen LogP contribution in [0, 0.1) is 0 Å². The van der Waals surface area contributed by atoms with Gasteiger partial charge in [-0.15, -0.1) is 17.0 Å². The molecule has 0 aliphatic carbocycles. The van der Waals surface area contributed by atoms with E-state index in [1.165, 1.54) is 76.3 Å². The maximum absolute atomic E-state index is 2.52. The van der Waals surface area contributed by atoms with Gasteiger partial charge in [-0.05, 0) is 27.6 Å². The highest BCUT2D eigenvalue weighted by molar-refractivity contribution is 8.93. The van der Waals surface area contributed by atoms with E-state index in [1.54, 1.807) is 0 Å². The highest BCUT2D eigenvalue weighted by Crippen LogP contribution is 2.31. The molecular weight excluding hydrogens is 415 g/mol. The first kappa shape index (κ1) is 24.5. The maximum Gasteiger partial charge on any atom is 0.101 e. The van der Waals surface area contributed by atoms with E-state index in [2.05, 4.69) is 66.1 Å². The number of hydrogen-bond acceptors (Lipinski definition) is 2. The van der Waals surface area contributed by atoms with E-state index >= 15 is 0 Å². The summed E-state index contributed by atoms with van der Waals surface area (Å²) in [5.41, 5.74) is 1.44. The molecule has 2 unspecified atom stereocenters. The molecule has 0 spiro atoms. The van der Waals surface area contributed by atoms with Crippen molar-refractivity contribution >= 4 is 25.7 Å². The number of rotatable bonds is 14. The molecule has 0 bridgehead atoms. The molecule has 2 atom stereocenters. The van der Waals surface area contributed by atoms with Crippen LogP contribution < -0.4 is 0 Å². The standard InChI is InChI=1S/C23H39N2P.BrH/c1-3-4-5-6-7-8-9-10-11-15-18-24-19-20-25(22(24)2)26-21-23-16-13-12-14-17-23;/h12-14,16-17,19-20,22,26H,3-11,15,18,21H2,1-2H3;1H. The molecule has 1 aromatic carbocycles. The van der Waals surface area contributed by atoms with E-state index in [0.717, 1.165) is 14.9 Å². The lowest BCUT2D eigenvalue weighted by molar-refractivity contribution is 0.237. The van der Waals surface area contributed by atoms with Gasteiger partial charge in [0.1, 0.15) is 6.17 Å². The van der Waals surface area contributed by atoms with Crippen LogP contribution in [-0.2, 0) is 6.16 Å². The molecule has 154 valence electrons. The fourth-order valence-corrected chi connectivity index (χ4v) is 4.76. The van der Waals surface area contributed by atoms with Gasteiger partial charge in [-0.3, -0.25) is 0 Å². The van der Waals surface area contributed by atoms with Crippen LogP contribution in [0.1, 0.15) is 83.6 Å². The van der Waals surface area contributed by atoms with Gasteiger partial charge in [0, 0.05) is 25.1 Å². The number of hydrogen-bond donors (Lipinski definition) is 0. The molecule has 1 aliphatic rings. The molecule has 1 heterocycles. The van der Waals surface area contributed by atoms with Crippen molar-refractivity contribution in [2.24, 2.45) is 0 Å². The summed E-state index contributed by atoms with van der Waals surface area (Å²) in [5, 5.41) is 0. The van der Waals surface area contributed by atoms with Crippen molar-refractivity contribution in [2.75, 3.05) is 6.54 Å². The highest BCUT2D eigenvalue weighted by atomic mass is 79.9. The molecule has 0 N–H and O–H groups in total. The number of halogens is 1. The average Bonchev–Trinajstić information content (AvgIpc) is 3.02. The molecule has 1 aliphatic heterocycles. The molecule has 0 fully saturated rings. The minimum Gasteiger partial charge on any atom is -0.356 e. The molecule has 4 heteroatoms. The lowest BCUT2D eigenvalue weighted by Gasteiger charge is -2.29. The van der Waals surface area contributed by atoms with Gasteiger partial charge >= 0.3 is 0 Å². The fourth-order valence-electron chi connectivity index (χ4n) is 3.57. The molecule has 2 rings (SSSR count). The zero-order valence-corrected chi connectivity index (χ0v) is 20.1. The van der Waals surface area contributed by atoms with Crippen molar-refractivity contribution in [1.82, 2.24) is 9.57 Å². The summed E-state index contributed by atoms with van der Waals surface area (Å²) in [6.45, 7) is 5.84. The van der Waals surface area contributed by atoms with Crippen molar-refractivity contribution in [1.29, 1.82) is 0 Å². The Balaban J connectivity index is 0.00000364. The summed E-state index contributed by atoms with van der Waals surface area (Å²) < 4.78 is 2.50. The van der Waals surface area contributed by atoms with E-state index in [1.807, 2.05) is 0 Å².